The van der Waals surface area contributed by atoms with E-state index in [1.807, 2.05) is 0 Å². The molecular formula is C13H12F3N3O. The molecule has 1 aliphatic heterocycles. The Kier molecular flexibility index (Phi) is 3.43. The van der Waals surface area contributed by atoms with Gasteiger partial charge in [-0.15, -0.1) is 5.10 Å². The van der Waals surface area contributed by atoms with Gasteiger partial charge in [0.15, 0.2) is 17.5 Å². The summed E-state index contributed by atoms with van der Waals surface area (Å²) < 4.78 is 46.7. The van der Waals surface area contributed by atoms with E-state index in [2.05, 4.69) is 10.3 Å². The van der Waals surface area contributed by atoms with Crippen LogP contribution in [-0.2, 0) is 4.74 Å². The van der Waals surface area contributed by atoms with Gasteiger partial charge in [0, 0.05) is 18.8 Å². The lowest BCUT2D eigenvalue weighted by Gasteiger charge is -2.21. The zero-order chi connectivity index (χ0) is 14.1. The summed E-state index contributed by atoms with van der Waals surface area (Å²) in [6.07, 6.45) is 3.14. The Bertz CT molecular complexity index is 623. The molecule has 2 heterocycles. The standard InChI is InChI=1S/C13H12F3N3O/c14-10-2-1-9(12(15)13(10)16)11-7-19(18-17-11)8-3-5-20-6-4-8/h1-2,7-8H,3-6H2. The zero-order valence-electron chi connectivity index (χ0n) is 10.5. The van der Waals surface area contributed by atoms with Gasteiger partial charge in [0.1, 0.15) is 5.69 Å². The first-order chi connectivity index (χ1) is 9.66. The first kappa shape index (κ1) is 13.1. The Morgan fingerprint density at radius 3 is 2.60 bits per heavy atom. The molecule has 4 nitrogen and oxygen atoms in total. The van der Waals surface area contributed by atoms with E-state index in [0.717, 1.165) is 25.0 Å². The SMILES string of the molecule is Fc1ccc(-c2cn(C3CCOCC3)nn2)c(F)c1F. The Labute approximate surface area is 113 Å². The second kappa shape index (κ2) is 5.24. The number of aromatic nitrogens is 3. The monoisotopic (exact) mass is 283 g/mol. The van der Waals surface area contributed by atoms with Gasteiger partial charge in [0.25, 0.3) is 0 Å². The van der Waals surface area contributed by atoms with Crippen LogP contribution in [0.3, 0.4) is 0 Å². The molecule has 1 aromatic heterocycles. The first-order valence-electron chi connectivity index (χ1n) is 6.30. The van der Waals surface area contributed by atoms with Crippen LogP contribution in [0.15, 0.2) is 18.3 Å². The molecule has 0 bridgehead atoms. The molecule has 3 rings (SSSR count). The highest BCUT2D eigenvalue weighted by molar-refractivity contribution is 5.58. The highest BCUT2D eigenvalue weighted by Crippen LogP contribution is 2.26. The minimum Gasteiger partial charge on any atom is -0.381 e. The van der Waals surface area contributed by atoms with Crippen LogP contribution in [-0.4, -0.2) is 28.2 Å². The highest BCUT2D eigenvalue weighted by Gasteiger charge is 2.20. The van der Waals surface area contributed by atoms with Crippen LogP contribution in [0.5, 0.6) is 0 Å². The molecule has 106 valence electrons. The van der Waals surface area contributed by atoms with E-state index in [4.69, 9.17) is 4.74 Å². The fourth-order valence-corrected chi connectivity index (χ4v) is 2.25. The number of rotatable bonds is 2. The number of ether oxygens (including phenoxy) is 1. The molecule has 0 radical (unpaired) electrons. The molecule has 1 aliphatic rings. The van der Waals surface area contributed by atoms with Gasteiger partial charge in [-0.1, -0.05) is 5.21 Å². The first-order valence-corrected chi connectivity index (χ1v) is 6.30. The van der Waals surface area contributed by atoms with E-state index >= 15 is 0 Å². The van der Waals surface area contributed by atoms with Crippen molar-refractivity contribution in [2.75, 3.05) is 13.2 Å². The van der Waals surface area contributed by atoms with Gasteiger partial charge in [0.05, 0.1) is 12.2 Å². The van der Waals surface area contributed by atoms with Gasteiger partial charge < -0.3 is 4.74 Å². The van der Waals surface area contributed by atoms with Gasteiger partial charge >= 0.3 is 0 Å². The average molecular weight is 283 g/mol. The molecule has 20 heavy (non-hydrogen) atoms. The molecule has 1 saturated heterocycles. The third kappa shape index (κ3) is 2.29. The minimum absolute atomic E-state index is 0.0952. The highest BCUT2D eigenvalue weighted by atomic mass is 19.2. The Morgan fingerprint density at radius 1 is 1.10 bits per heavy atom. The van der Waals surface area contributed by atoms with Crippen LogP contribution in [0.2, 0.25) is 0 Å². The lowest BCUT2D eigenvalue weighted by molar-refractivity contribution is 0.0657. The number of nitrogens with zero attached hydrogens (tertiary/aromatic N) is 3. The number of hydrogen-bond donors (Lipinski definition) is 0. The van der Waals surface area contributed by atoms with Gasteiger partial charge in [-0.2, -0.15) is 0 Å². The predicted octanol–water partition coefficient (Wildman–Crippen LogP) is 2.71. The molecule has 0 aliphatic carbocycles. The van der Waals surface area contributed by atoms with E-state index < -0.39 is 17.5 Å². The summed E-state index contributed by atoms with van der Waals surface area (Å²) in [6, 6.07) is 2.17. The third-order valence-corrected chi connectivity index (χ3v) is 3.39. The van der Waals surface area contributed by atoms with Crippen molar-refractivity contribution in [2.45, 2.75) is 18.9 Å². The molecule has 0 amide bonds. The summed E-state index contributed by atoms with van der Waals surface area (Å²) in [5, 5.41) is 7.77. The molecule has 0 N–H and O–H groups in total. The van der Waals surface area contributed by atoms with Crippen molar-refractivity contribution in [1.29, 1.82) is 0 Å². The van der Waals surface area contributed by atoms with E-state index in [1.54, 1.807) is 10.9 Å². The van der Waals surface area contributed by atoms with Crippen molar-refractivity contribution < 1.29 is 17.9 Å². The van der Waals surface area contributed by atoms with E-state index in [9.17, 15) is 13.2 Å². The van der Waals surface area contributed by atoms with Crippen molar-refractivity contribution in [3.63, 3.8) is 0 Å². The number of hydrogen-bond acceptors (Lipinski definition) is 3. The molecule has 0 atom stereocenters. The van der Waals surface area contributed by atoms with Crippen molar-refractivity contribution in [1.82, 2.24) is 15.0 Å². The Hall–Kier alpha value is -1.89. The van der Waals surface area contributed by atoms with Crippen LogP contribution in [0.25, 0.3) is 11.3 Å². The van der Waals surface area contributed by atoms with E-state index in [0.29, 0.717) is 13.2 Å². The lowest BCUT2D eigenvalue weighted by atomic mass is 10.1. The van der Waals surface area contributed by atoms with Crippen LogP contribution >= 0.6 is 0 Å². The molecule has 0 spiro atoms. The van der Waals surface area contributed by atoms with Crippen LogP contribution in [0.4, 0.5) is 13.2 Å². The topological polar surface area (TPSA) is 39.9 Å². The number of benzene rings is 1. The molecule has 1 aromatic carbocycles. The van der Waals surface area contributed by atoms with E-state index in [1.165, 1.54) is 0 Å². The molecule has 1 fully saturated rings. The summed E-state index contributed by atoms with van der Waals surface area (Å²) in [5.74, 6) is -3.96. The normalized spacial score (nSPS) is 16.6. The third-order valence-electron chi connectivity index (χ3n) is 3.39. The van der Waals surface area contributed by atoms with Gasteiger partial charge in [-0.3, -0.25) is 0 Å². The Morgan fingerprint density at radius 2 is 1.85 bits per heavy atom. The maximum Gasteiger partial charge on any atom is 0.195 e. The summed E-state index contributed by atoms with van der Waals surface area (Å²) in [6.45, 7) is 1.28. The second-order valence-electron chi connectivity index (χ2n) is 4.65. The fraction of sp³-hybridized carbons (Fsp3) is 0.385. The lowest BCUT2D eigenvalue weighted by Crippen LogP contribution is -2.19. The minimum atomic E-state index is -1.50. The summed E-state index contributed by atoms with van der Waals surface area (Å²) in [5.41, 5.74) is 0.0927. The van der Waals surface area contributed by atoms with Gasteiger partial charge in [-0.05, 0) is 25.0 Å². The van der Waals surface area contributed by atoms with E-state index in [-0.39, 0.29) is 17.3 Å². The second-order valence-corrected chi connectivity index (χ2v) is 4.65. The van der Waals surface area contributed by atoms with Crippen molar-refractivity contribution in [2.24, 2.45) is 0 Å². The molecular weight excluding hydrogens is 271 g/mol. The molecule has 2 aromatic rings. The maximum absolute atomic E-state index is 13.7. The zero-order valence-corrected chi connectivity index (χ0v) is 10.5. The quantitative estimate of drug-likeness (QED) is 0.796. The Balaban J connectivity index is 1.92. The smallest absolute Gasteiger partial charge is 0.195 e. The van der Waals surface area contributed by atoms with Crippen LogP contribution in [0.1, 0.15) is 18.9 Å². The maximum atomic E-state index is 13.7. The van der Waals surface area contributed by atoms with Crippen molar-refractivity contribution >= 4 is 0 Å². The summed E-state index contributed by atoms with van der Waals surface area (Å²) in [7, 11) is 0. The molecule has 0 unspecified atom stereocenters. The summed E-state index contributed by atoms with van der Waals surface area (Å²) in [4.78, 5) is 0. The average Bonchev–Trinajstić information content (AvgIpc) is 2.95. The van der Waals surface area contributed by atoms with Crippen molar-refractivity contribution in [3.8, 4) is 11.3 Å². The van der Waals surface area contributed by atoms with Crippen LogP contribution < -0.4 is 0 Å². The van der Waals surface area contributed by atoms with Crippen LogP contribution in [0, 0.1) is 17.5 Å². The van der Waals surface area contributed by atoms with Gasteiger partial charge in [-0.25, -0.2) is 17.9 Å². The molecule has 0 saturated carbocycles. The van der Waals surface area contributed by atoms with Gasteiger partial charge in [0.2, 0.25) is 0 Å². The fourth-order valence-electron chi connectivity index (χ4n) is 2.25. The predicted molar refractivity (Wildman–Crippen MR) is 64.4 cm³/mol. The molecule has 7 heteroatoms. The largest absolute Gasteiger partial charge is 0.381 e. The summed E-state index contributed by atoms with van der Waals surface area (Å²) >= 11 is 0. The number of halogens is 3. The van der Waals surface area contributed by atoms with Crippen molar-refractivity contribution in [3.05, 3.63) is 35.8 Å².